The van der Waals surface area contributed by atoms with Gasteiger partial charge in [-0.1, -0.05) is 0 Å². The van der Waals surface area contributed by atoms with Crippen LogP contribution in [0.25, 0.3) is 0 Å². The van der Waals surface area contributed by atoms with Gasteiger partial charge in [0.1, 0.15) is 0 Å². The molecule has 0 unspecified atom stereocenters. The average molecular weight is 239 g/mol. The number of hydrogen-bond acceptors (Lipinski definition) is 1. The van der Waals surface area contributed by atoms with Crippen LogP contribution in [-0.2, 0) is 0 Å². The maximum absolute atomic E-state index is 12.3. The topological polar surface area (TPSA) is 32.9 Å². The van der Waals surface area contributed by atoms with Crippen LogP contribution in [0, 0.1) is 9.39 Å². The lowest BCUT2D eigenvalue weighted by atomic mass is 10.5. The Morgan fingerprint density at radius 1 is 1.67 bits per heavy atom. The fourth-order valence-corrected chi connectivity index (χ4v) is 0.868. The highest BCUT2D eigenvalue weighted by atomic mass is 127. The van der Waals surface area contributed by atoms with E-state index >= 15 is 0 Å². The Morgan fingerprint density at radius 2 is 2.33 bits per heavy atom. The van der Waals surface area contributed by atoms with Crippen molar-refractivity contribution >= 4 is 22.6 Å². The Kier molecular flexibility index (Phi) is 1.84. The SMILES string of the molecule is O=c1cc(I)c(F)c[nH]1. The van der Waals surface area contributed by atoms with Gasteiger partial charge in [-0.15, -0.1) is 0 Å². The van der Waals surface area contributed by atoms with Gasteiger partial charge in [0, 0.05) is 12.3 Å². The molecule has 0 amide bonds. The van der Waals surface area contributed by atoms with Gasteiger partial charge < -0.3 is 4.98 Å². The molecular weight excluding hydrogens is 236 g/mol. The van der Waals surface area contributed by atoms with Crippen LogP contribution in [0.1, 0.15) is 0 Å². The second-order valence-electron chi connectivity index (χ2n) is 1.49. The van der Waals surface area contributed by atoms with E-state index in [0.717, 1.165) is 6.20 Å². The Balaban J connectivity index is 3.34. The number of rotatable bonds is 0. The summed E-state index contributed by atoms with van der Waals surface area (Å²) in [7, 11) is 0. The summed E-state index contributed by atoms with van der Waals surface area (Å²) in [5.74, 6) is -0.393. The predicted octanol–water partition coefficient (Wildman–Crippen LogP) is 1.12. The zero-order chi connectivity index (χ0) is 6.85. The minimum Gasteiger partial charge on any atom is -0.326 e. The molecule has 9 heavy (non-hydrogen) atoms. The van der Waals surface area contributed by atoms with Crippen LogP contribution in [0.4, 0.5) is 4.39 Å². The van der Waals surface area contributed by atoms with Crippen molar-refractivity contribution in [2.75, 3.05) is 0 Å². The molecule has 4 heteroatoms. The molecule has 0 aliphatic heterocycles. The molecule has 1 heterocycles. The highest BCUT2D eigenvalue weighted by Crippen LogP contribution is 2.03. The summed E-state index contributed by atoms with van der Waals surface area (Å²) >= 11 is 1.75. The van der Waals surface area contributed by atoms with E-state index in [9.17, 15) is 9.18 Å². The van der Waals surface area contributed by atoms with Crippen molar-refractivity contribution in [1.82, 2.24) is 4.98 Å². The molecule has 0 fully saturated rings. The Morgan fingerprint density at radius 3 is 2.78 bits per heavy atom. The van der Waals surface area contributed by atoms with Crippen LogP contribution >= 0.6 is 22.6 Å². The van der Waals surface area contributed by atoms with E-state index in [4.69, 9.17) is 0 Å². The molecule has 1 aromatic heterocycles. The molecule has 2 nitrogen and oxygen atoms in total. The molecule has 1 aromatic rings. The molecular formula is C5H3FINO. The first-order valence-corrected chi connectivity index (χ1v) is 3.32. The molecule has 0 saturated carbocycles. The third-order valence-corrected chi connectivity index (χ3v) is 1.65. The Bertz CT molecular complexity index is 270. The van der Waals surface area contributed by atoms with Gasteiger partial charge in [-0.3, -0.25) is 4.79 Å². The van der Waals surface area contributed by atoms with Crippen LogP contribution in [-0.4, -0.2) is 4.98 Å². The number of H-pyrrole nitrogens is 1. The van der Waals surface area contributed by atoms with Crippen molar-refractivity contribution in [1.29, 1.82) is 0 Å². The number of halogens is 2. The molecule has 0 radical (unpaired) electrons. The highest BCUT2D eigenvalue weighted by molar-refractivity contribution is 14.1. The van der Waals surface area contributed by atoms with Gasteiger partial charge in [0.15, 0.2) is 5.82 Å². The monoisotopic (exact) mass is 239 g/mol. The molecule has 0 atom stereocenters. The van der Waals surface area contributed by atoms with Gasteiger partial charge in [-0.05, 0) is 22.6 Å². The molecule has 0 aliphatic carbocycles. The summed E-state index contributed by atoms with van der Waals surface area (Å²) in [6, 6.07) is 1.20. The van der Waals surface area contributed by atoms with E-state index in [2.05, 4.69) is 4.98 Å². The fraction of sp³-hybridized carbons (Fsp3) is 0. The molecule has 1 rings (SSSR count). The van der Waals surface area contributed by atoms with E-state index in [1.165, 1.54) is 6.07 Å². The first-order chi connectivity index (χ1) is 4.20. The number of pyridine rings is 1. The first kappa shape index (κ1) is 6.73. The van der Waals surface area contributed by atoms with E-state index in [0.29, 0.717) is 3.57 Å². The summed E-state index contributed by atoms with van der Waals surface area (Å²) in [4.78, 5) is 12.6. The van der Waals surface area contributed by atoms with E-state index < -0.39 is 5.82 Å². The second kappa shape index (κ2) is 2.47. The third-order valence-electron chi connectivity index (χ3n) is 0.827. The average Bonchev–Trinajstić information content (AvgIpc) is 1.80. The molecule has 1 N–H and O–H groups in total. The first-order valence-electron chi connectivity index (χ1n) is 2.24. The van der Waals surface area contributed by atoms with Gasteiger partial charge in [0.05, 0.1) is 3.57 Å². The molecule has 0 aliphatic rings. The lowest BCUT2D eigenvalue weighted by Crippen LogP contribution is -2.04. The smallest absolute Gasteiger partial charge is 0.249 e. The summed E-state index contributed by atoms with van der Waals surface area (Å²) < 4.78 is 12.7. The minimum atomic E-state index is -0.393. The van der Waals surface area contributed by atoms with Gasteiger partial charge in [0.25, 0.3) is 0 Å². The van der Waals surface area contributed by atoms with E-state index in [1.54, 1.807) is 22.6 Å². The van der Waals surface area contributed by atoms with E-state index in [-0.39, 0.29) is 5.56 Å². The molecule has 48 valence electrons. The van der Waals surface area contributed by atoms with Crippen molar-refractivity contribution < 1.29 is 4.39 Å². The van der Waals surface area contributed by atoms with Crippen LogP contribution in [0.5, 0.6) is 0 Å². The third kappa shape index (κ3) is 1.51. The summed E-state index contributed by atoms with van der Waals surface area (Å²) in [6.45, 7) is 0. The quantitative estimate of drug-likeness (QED) is 0.676. The largest absolute Gasteiger partial charge is 0.326 e. The molecule has 0 aromatic carbocycles. The van der Waals surface area contributed by atoms with Gasteiger partial charge in [-0.2, -0.15) is 0 Å². The second-order valence-corrected chi connectivity index (χ2v) is 2.66. The van der Waals surface area contributed by atoms with Gasteiger partial charge in [0.2, 0.25) is 5.56 Å². The number of aromatic nitrogens is 1. The van der Waals surface area contributed by atoms with Crippen LogP contribution in [0.3, 0.4) is 0 Å². The predicted molar refractivity (Wildman–Crippen MR) is 39.7 cm³/mol. The normalized spacial score (nSPS) is 9.56. The van der Waals surface area contributed by atoms with Gasteiger partial charge >= 0.3 is 0 Å². The molecule has 0 spiro atoms. The van der Waals surface area contributed by atoms with E-state index in [1.807, 2.05) is 0 Å². The van der Waals surface area contributed by atoms with Crippen LogP contribution < -0.4 is 5.56 Å². The lowest BCUT2D eigenvalue weighted by Gasteiger charge is -1.87. The lowest BCUT2D eigenvalue weighted by molar-refractivity contribution is 0.612. The number of aromatic amines is 1. The number of hydrogen-bond donors (Lipinski definition) is 1. The zero-order valence-electron chi connectivity index (χ0n) is 4.32. The van der Waals surface area contributed by atoms with Crippen molar-refractivity contribution in [2.24, 2.45) is 0 Å². The maximum atomic E-state index is 12.3. The molecule has 0 bridgehead atoms. The maximum Gasteiger partial charge on any atom is 0.249 e. The van der Waals surface area contributed by atoms with Crippen molar-refractivity contribution in [2.45, 2.75) is 0 Å². The Labute approximate surface area is 64.2 Å². The van der Waals surface area contributed by atoms with Crippen molar-refractivity contribution in [3.05, 3.63) is 32.0 Å². The fourth-order valence-electron chi connectivity index (χ4n) is 0.429. The van der Waals surface area contributed by atoms with Gasteiger partial charge in [-0.25, -0.2) is 4.39 Å². The van der Waals surface area contributed by atoms with Crippen molar-refractivity contribution in [3.8, 4) is 0 Å². The summed E-state index contributed by atoms with van der Waals surface area (Å²) in [6.07, 6.45) is 1.05. The summed E-state index contributed by atoms with van der Waals surface area (Å²) in [5.41, 5.74) is -0.277. The number of nitrogens with one attached hydrogen (secondary N) is 1. The minimum absolute atomic E-state index is 0.277. The van der Waals surface area contributed by atoms with Crippen molar-refractivity contribution in [3.63, 3.8) is 0 Å². The van der Waals surface area contributed by atoms with Crippen LogP contribution in [0.2, 0.25) is 0 Å². The zero-order valence-corrected chi connectivity index (χ0v) is 6.48. The highest BCUT2D eigenvalue weighted by Gasteiger charge is 1.95. The standard InChI is InChI=1S/C5H3FINO/c6-3-2-8-5(9)1-4(3)7/h1-2H,(H,8,9). The van der Waals surface area contributed by atoms with Crippen LogP contribution in [0.15, 0.2) is 17.1 Å². The summed E-state index contributed by atoms with van der Waals surface area (Å²) in [5, 5.41) is 0. The molecule has 0 saturated heterocycles. The Hall–Kier alpha value is -0.390.